The molecule has 1 aliphatic heterocycles. The predicted molar refractivity (Wildman–Crippen MR) is 84.2 cm³/mol. The Morgan fingerprint density at radius 3 is 2.95 bits per heavy atom. The second kappa shape index (κ2) is 7.16. The van der Waals surface area contributed by atoms with Gasteiger partial charge in [-0.05, 0) is 63.4 Å². The molecule has 1 aromatic rings. The minimum atomic E-state index is 0.557. The molecule has 3 heteroatoms. The van der Waals surface area contributed by atoms with Crippen molar-refractivity contribution in [1.82, 2.24) is 4.90 Å². The van der Waals surface area contributed by atoms with Crippen LogP contribution in [0.1, 0.15) is 38.2 Å². The average Bonchev–Trinajstić information content (AvgIpc) is 2.60. The second-order valence-corrected chi connectivity index (χ2v) is 6.00. The van der Waals surface area contributed by atoms with Crippen LogP contribution in [0.3, 0.4) is 0 Å². The van der Waals surface area contributed by atoms with Gasteiger partial charge in [0.2, 0.25) is 0 Å². The molecular formula is C16H25ClN2. The highest BCUT2D eigenvalue weighted by molar-refractivity contribution is 6.33. The summed E-state index contributed by atoms with van der Waals surface area (Å²) in [6, 6.07) is 6.75. The third kappa shape index (κ3) is 4.39. The molecule has 1 aromatic carbocycles. The molecule has 1 saturated heterocycles. The van der Waals surface area contributed by atoms with E-state index in [-0.39, 0.29) is 0 Å². The fourth-order valence-electron chi connectivity index (χ4n) is 2.81. The standard InChI is InChI=1S/C16H25ClN2/c1-3-9-19-10-4-5-14(8-11-19)18-16-12-13(2)6-7-15(16)17/h6-7,12,14,18H,3-5,8-11H2,1-2H3. The number of aryl methyl sites for hydroxylation is 1. The van der Waals surface area contributed by atoms with Gasteiger partial charge in [0.05, 0.1) is 10.7 Å². The number of benzene rings is 1. The molecule has 1 fully saturated rings. The molecule has 0 radical (unpaired) electrons. The first kappa shape index (κ1) is 14.7. The highest BCUT2D eigenvalue weighted by Gasteiger charge is 2.17. The van der Waals surface area contributed by atoms with Crippen LogP contribution in [-0.4, -0.2) is 30.6 Å². The Hall–Kier alpha value is -0.730. The fourth-order valence-corrected chi connectivity index (χ4v) is 2.98. The van der Waals surface area contributed by atoms with Crippen molar-refractivity contribution in [2.45, 2.75) is 45.6 Å². The van der Waals surface area contributed by atoms with Crippen LogP contribution >= 0.6 is 11.6 Å². The summed E-state index contributed by atoms with van der Waals surface area (Å²) in [5.74, 6) is 0. The molecular weight excluding hydrogens is 256 g/mol. The van der Waals surface area contributed by atoms with E-state index in [1.807, 2.05) is 6.07 Å². The molecule has 1 unspecified atom stereocenters. The molecule has 2 nitrogen and oxygen atoms in total. The quantitative estimate of drug-likeness (QED) is 0.883. The fraction of sp³-hybridized carbons (Fsp3) is 0.625. The Balaban J connectivity index is 1.94. The summed E-state index contributed by atoms with van der Waals surface area (Å²) in [5.41, 5.74) is 2.35. The Bertz CT molecular complexity index is 406. The summed E-state index contributed by atoms with van der Waals surface area (Å²) in [4.78, 5) is 2.58. The maximum atomic E-state index is 6.26. The highest BCUT2D eigenvalue weighted by Crippen LogP contribution is 2.25. The summed E-state index contributed by atoms with van der Waals surface area (Å²) in [6.45, 7) is 8.05. The zero-order chi connectivity index (χ0) is 13.7. The lowest BCUT2D eigenvalue weighted by Crippen LogP contribution is -2.27. The first-order valence-corrected chi connectivity index (χ1v) is 7.82. The molecule has 1 aliphatic rings. The van der Waals surface area contributed by atoms with Gasteiger partial charge in [0.1, 0.15) is 0 Å². The van der Waals surface area contributed by atoms with Gasteiger partial charge in [-0.15, -0.1) is 0 Å². The molecule has 0 bridgehead atoms. The molecule has 0 aromatic heterocycles. The van der Waals surface area contributed by atoms with Crippen molar-refractivity contribution in [2.75, 3.05) is 25.0 Å². The van der Waals surface area contributed by atoms with Crippen molar-refractivity contribution in [3.63, 3.8) is 0 Å². The van der Waals surface area contributed by atoms with Gasteiger partial charge in [0.25, 0.3) is 0 Å². The van der Waals surface area contributed by atoms with E-state index >= 15 is 0 Å². The SMILES string of the molecule is CCCN1CCCC(Nc2cc(C)ccc2Cl)CC1. The number of nitrogens with one attached hydrogen (secondary N) is 1. The molecule has 0 amide bonds. The normalized spacial score (nSPS) is 21.1. The predicted octanol–water partition coefficient (Wildman–Crippen LogP) is 4.32. The number of nitrogens with zero attached hydrogens (tertiary/aromatic N) is 1. The molecule has 19 heavy (non-hydrogen) atoms. The third-order valence-corrected chi connectivity index (χ3v) is 4.17. The second-order valence-electron chi connectivity index (χ2n) is 5.60. The minimum absolute atomic E-state index is 0.557. The van der Waals surface area contributed by atoms with Crippen LogP contribution in [0.25, 0.3) is 0 Å². The minimum Gasteiger partial charge on any atom is -0.381 e. The molecule has 106 valence electrons. The van der Waals surface area contributed by atoms with Crippen LogP contribution in [0.5, 0.6) is 0 Å². The monoisotopic (exact) mass is 280 g/mol. The van der Waals surface area contributed by atoms with Crippen LogP contribution < -0.4 is 5.32 Å². The third-order valence-electron chi connectivity index (χ3n) is 3.84. The van der Waals surface area contributed by atoms with Gasteiger partial charge < -0.3 is 10.2 Å². The van der Waals surface area contributed by atoms with Gasteiger partial charge in [-0.25, -0.2) is 0 Å². The zero-order valence-electron chi connectivity index (χ0n) is 12.1. The van der Waals surface area contributed by atoms with Crippen LogP contribution in [0, 0.1) is 6.92 Å². The van der Waals surface area contributed by atoms with Crippen molar-refractivity contribution >= 4 is 17.3 Å². The van der Waals surface area contributed by atoms with Gasteiger partial charge in [-0.3, -0.25) is 0 Å². The number of likely N-dealkylation sites (tertiary alicyclic amines) is 1. The van der Waals surface area contributed by atoms with E-state index in [9.17, 15) is 0 Å². The topological polar surface area (TPSA) is 15.3 Å². The molecule has 1 N–H and O–H groups in total. The van der Waals surface area contributed by atoms with Crippen LogP contribution in [0.15, 0.2) is 18.2 Å². The van der Waals surface area contributed by atoms with Crippen molar-refractivity contribution in [2.24, 2.45) is 0 Å². The Morgan fingerprint density at radius 2 is 2.16 bits per heavy atom. The van der Waals surface area contributed by atoms with Crippen LogP contribution in [0.4, 0.5) is 5.69 Å². The summed E-state index contributed by atoms with van der Waals surface area (Å²) in [7, 11) is 0. The molecule has 2 rings (SSSR count). The summed E-state index contributed by atoms with van der Waals surface area (Å²) >= 11 is 6.26. The van der Waals surface area contributed by atoms with E-state index in [1.165, 1.54) is 50.9 Å². The number of rotatable bonds is 4. The maximum Gasteiger partial charge on any atom is 0.0637 e. The molecule has 1 heterocycles. The molecule has 0 saturated carbocycles. The number of halogens is 1. The Labute approximate surface area is 122 Å². The lowest BCUT2D eigenvalue weighted by atomic mass is 10.1. The van der Waals surface area contributed by atoms with E-state index in [2.05, 4.69) is 36.2 Å². The maximum absolute atomic E-state index is 6.26. The Kier molecular flexibility index (Phi) is 5.53. The van der Waals surface area contributed by atoms with Gasteiger partial charge in [0, 0.05) is 12.6 Å². The van der Waals surface area contributed by atoms with Gasteiger partial charge in [0.15, 0.2) is 0 Å². The van der Waals surface area contributed by atoms with Crippen molar-refractivity contribution in [1.29, 1.82) is 0 Å². The number of hydrogen-bond donors (Lipinski definition) is 1. The van der Waals surface area contributed by atoms with E-state index in [4.69, 9.17) is 11.6 Å². The largest absolute Gasteiger partial charge is 0.381 e. The van der Waals surface area contributed by atoms with Gasteiger partial charge in [-0.1, -0.05) is 24.6 Å². The first-order valence-electron chi connectivity index (χ1n) is 7.44. The number of hydrogen-bond acceptors (Lipinski definition) is 2. The lowest BCUT2D eigenvalue weighted by molar-refractivity contribution is 0.285. The van der Waals surface area contributed by atoms with Crippen LogP contribution in [0.2, 0.25) is 5.02 Å². The van der Waals surface area contributed by atoms with Crippen LogP contribution in [-0.2, 0) is 0 Å². The number of anilines is 1. The van der Waals surface area contributed by atoms with Crippen molar-refractivity contribution in [3.8, 4) is 0 Å². The van der Waals surface area contributed by atoms with E-state index < -0.39 is 0 Å². The average molecular weight is 281 g/mol. The van der Waals surface area contributed by atoms with Gasteiger partial charge in [-0.2, -0.15) is 0 Å². The van der Waals surface area contributed by atoms with E-state index in [0.717, 1.165) is 10.7 Å². The van der Waals surface area contributed by atoms with Crippen molar-refractivity contribution < 1.29 is 0 Å². The highest BCUT2D eigenvalue weighted by atomic mass is 35.5. The summed E-state index contributed by atoms with van der Waals surface area (Å²) in [6.07, 6.45) is 4.98. The van der Waals surface area contributed by atoms with E-state index in [1.54, 1.807) is 0 Å². The lowest BCUT2D eigenvalue weighted by Gasteiger charge is -2.20. The molecule has 0 aliphatic carbocycles. The zero-order valence-corrected chi connectivity index (χ0v) is 12.8. The van der Waals surface area contributed by atoms with Crippen molar-refractivity contribution in [3.05, 3.63) is 28.8 Å². The smallest absolute Gasteiger partial charge is 0.0637 e. The molecule has 1 atom stereocenters. The summed E-state index contributed by atoms with van der Waals surface area (Å²) in [5, 5.41) is 4.47. The van der Waals surface area contributed by atoms with Gasteiger partial charge >= 0.3 is 0 Å². The first-order chi connectivity index (χ1) is 9.19. The summed E-state index contributed by atoms with van der Waals surface area (Å²) < 4.78 is 0. The van der Waals surface area contributed by atoms with E-state index in [0.29, 0.717) is 6.04 Å². The molecule has 0 spiro atoms. The Morgan fingerprint density at radius 1 is 1.32 bits per heavy atom.